The third-order valence-electron chi connectivity index (χ3n) is 2.99. The van der Waals surface area contributed by atoms with Crippen LogP contribution in [0.25, 0.3) is 0 Å². The van der Waals surface area contributed by atoms with Crippen LogP contribution in [0.15, 0.2) is 24.3 Å². The molecule has 0 aromatic carbocycles. The molecule has 20 heavy (non-hydrogen) atoms. The summed E-state index contributed by atoms with van der Waals surface area (Å²) in [7, 11) is -4.69. The Balaban J connectivity index is 3.93. The van der Waals surface area contributed by atoms with E-state index < -0.39 is 25.2 Å². The van der Waals surface area contributed by atoms with Crippen molar-refractivity contribution < 1.29 is 12.6 Å². The summed E-state index contributed by atoms with van der Waals surface area (Å²) in [6.45, 7) is 2.21. The van der Waals surface area contributed by atoms with Gasteiger partial charge in [0.2, 0.25) is 0 Å². The van der Waals surface area contributed by atoms with Gasteiger partial charge in [-0.2, -0.15) is 0 Å². The first-order valence-electron chi connectivity index (χ1n) is 7.24. The van der Waals surface area contributed by atoms with Crippen molar-refractivity contribution in [1.29, 1.82) is 0 Å². The minimum Gasteiger partial charge on any atom is -0.258 e. The van der Waals surface area contributed by atoms with Crippen LogP contribution >= 0.6 is 0 Å². The van der Waals surface area contributed by atoms with E-state index in [0.29, 0.717) is 0 Å². The minimum atomic E-state index is -3.30. The lowest BCUT2D eigenvalue weighted by Gasteiger charge is -2.05. The van der Waals surface area contributed by atoms with Gasteiger partial charge >= 0.3 is 0 Å². The van der Waals surface area contributed by atoms with E-state index in [2.05, 4.69) is 6.92 Å². The first-order chi connectivity index (χ1) is 9.39. The molecule has 0 amide bonds. The van der Waals surface area contributed by atoms with Gasteiger partial charge in [-0.1, -0.05) is 63.3 Å². The Morgan fingerprint density at radius 2 is 1.65 bits per heavy atom. The average Bonchev–Trinajstić information content (AvgIpc) is 2.34. The number of hydrogen-bond donors (Lipinski definition) is 0. The van der Waals surface area contributed by atoms with E-state index in [9.17, 15) is 12.6 Å². The maximum atomic E-state index is 11.4. The first-order valence-corrected chi connectivity index (χ1v) is 10.8. The maximum absolute atomic E-state index is 11.4. The Morgan fingerprint density at radius 3 is 2.20 bits per heavy atom. The van der Waals surface area contributed by atoms with Gasteiger partial charge in [-0.25, -0.2) is 8.42 Å². The van der Waals surface area contributed by atoms with Crippen molar-refractivity contribution in [3.8, 4) is 0 Å². The van der Waals surface area contributed by atoms with Crippen molar-refractivity contribution >= 4 is 20.6 Å². The lowest BCUT2D eigenvalue weighted by molar-refractivity contribution is 0.601. The van der Waals surface area contributed by atoms with Gasteiger partial charge in [-0.3, -0.25) is 4.21 Å². The quantitative estimate of drug-likeness (QED) is 0.432. The highest BCUT2D eigenvalue weighted by atomic mass is 32.3. The molecule has 0 aliphatic carbocycles. The standard InChI is InChI=1S/C15H28O3S2/c1-4-5-6-7-8-9-10-11-12-13-14-15(19(2)16)20(3,17)18/h11-15H,4-10H2,1-3H3. The molecule has 0 saturated heterocycles. The van der Waals surface area contributed by atoms with E-state index in [0.717, 1.165) is 12.7 Å². The van der Waals surface area contributed by atoms with Crippen LogP contribution in [0.1, 0.15) is 51.9 Å². The number of sulfone groups is 1. The van der Waals surface area contributed by atoms with Crippen LogP contribution in [-0.4, -0.2) is 29.7 Å². The molecular formula is C15H28O3S2. The molecule has 0 saturated carbocycles. The lowest BCUT2D eigenvalue weighted by Crippen LogP contribution is -2.21. The molecule has 0 aromatic rings. The summed E-state index contributed by atoms with van der Waals surface area (Å²) in [4.78, 5) is 0. The van der Waals surface area contributed by atoms with Crippen LogP contribution in [0, 0.1) is 0 Å². The number of rotatable bonds is 11. The van der Waals surface area contributed by atoms with Gasteiger partial charge in [0.25, 0.3) is 0 Å². The Morgan fingerprint density at radius 1 is 1.05 bits per heavy atom. The van der Waals surface area contributed by atoms with Crippen LogP contribution in [0.4, 0.5) is 0 Å². The fourth-order valence-electron chi connectivity index (χ4n) is 1.87. The molecule has 0 aliphatic rings. The second-order valence-electron chi connectivity index (χ2n) is 5.07. The van der Waals surface area contributed by atoms with Crippen LogP contribution < -0.4 is 0 Å². The van der Waals surface area contributed by atoms with Gasteiger partial charge in [0.1, 0.15) is 0 Å². The molecule has 3 nitrogen and oxygen atoms in total. The summed E-state index contributed by atoms with van der Waals surface area (Å²) in [5, 5.41) is 0. The van der Waals surface area contributed by atoms with Gasteiger partial charge in [-0.05, 0) is 12.8 Å². The zero-order chi connectivity index (χ0) is 15.4. The average molecular weight is 321 g/mol. The highest BCUT2D eigenvalue weighted by molar-refractivity contribution is 8.05. The molecule has 0 aromatic heterocycles. The Labute approximate surface area is 126 Å². The Bertz CT molecular complexity index is 422. The SMILES string of the molecule is CCCCCCCCC=CC=CC(S(C)=O)S(C)(=O)=O. The molecule has 2 unspecified atom stereocenters. The van der Waals surface area contributed by atoms with Gasteiger partial charge < -0.3 is 0 Å². The van der Waals surface area contributed by atoms with Gasteiger partial charge in [-0.15, -0.1) is 0 Å². The monoisotopic (exact) mass is 320 g/mol. The smallest absolute Gasteiger partial charge is 0.165 e. The van der Waals surface area contributed by atoms with Crippen LogP contribution in [-0.2, 0) is 20.6 Å². The topological polar surface area (TPSA) is 51.2 Å². The molecule has 0 heterocycles. The molecule has 118 valence electrons. The van der Waals surface area contributed by atoms with Crippen molar-refractivity contribution in [2.75, 3.05) is 12.5 Å². The molecular weight excluding hydrogens is 292 g/mol. The number of hydrogen-bond acceptors (Lipinski definition) is 3. The predicted octanol–water partition coefficient (Wildman–Crippen LogP) is 3.60. The molecule has 0 bridgehead atoms. The van der Waals surface area contributed by atoms with Gasteiger partial charge in [0.15, 0.2) is 14.4 Å². The zero-order valence-corrected chi connectivity index (χ0v) is 14.5. The van der Waals surface area contributed by atoms with Gasteiger partial charge in [0.05, 0.1) is 0 Å². The fourth-order valence-corrected chi connectivity index (χ4v) is 4.53. The lowest BCUT2D eigenvalue weighted by atomic mass is 10.1. The van der Waals surface area contributed by atoms with Crippen molar-refractivity contribution in [3.63, 3.8) is 0 Å². The zero-order valence-electron chi connectivity index (χ0n) is 12.9. The number of unbranched alkanes of at least 4 members (excludes halogenated alkanes) is 6. The molecule has 5 heteroatoms. The van der Waals surface area contributed by atoms with Crippen molar-refractivity contribution in [3.05, 3.63) is 24.3 Å². The third kappa shape index (κ3) is 10.4. The van der Waals surface area contributed by atoms with E-state index in [1.165, 1.54) is 50.9 Å². The molecule has 2 atom stereocenters. The van der Waals surface area contributed by atoms with Crippen LogP contribution in [0.3, 0.4) is 0 Å². The normalized spacial score (nSPS) is 15.9. The molecule has 0 radical (unpaired) electrons. The summed E-state index contributed by atoms with van der Waals surface area (Å²) in [5.74, 6) is 0. The highest BCUT2D eigenvalue weighted by Gasteiger charge is 2.20. The summed E-state index contributed by atoms with van der Waals surface area (Å²) in [6.07, 6.45) is 18.2. The van der Waals surface area contributed by atoms with E-state index in [1.807, 2.05) is 12.2 Å². The first kappa shape index (κ1) is 19.6. The molecule has 0 rings (SSSR count). The van der Waals surface area contributed by atoms with Gasteiger partial charge in [0, 0.05) is 23.3 Å². The second-order valence-corrected chi connectivity index (χ2v) is 9.04. The van der Waals surface area contributed by atoms with E-state index in [-0.39, 0.29) is 0 Å². The largest absolute Gasteiger partial charge is 0.258 e. The second kappa shape index (κ2) is 11.3. The molecule has 0 aliphatic heterocycles. The highest BCUT2D eigenvalue weighted by Crippen LogP contribution is 2.08. The molecule has 0 spiro atoms. The van der Waals surface area contributed by atoms with E-state index >= 15 is 0 Å². The maximum Gasteiger partial charge on any atom is 0.165 e. The van der Waals surface area contributed by atoms with Crippen molar-refractivity contribution in [2.45, 2.75) is 56.5 Å². The Hall–Kier alpha value is -0.420. The Kier molecular flexibility index (Phi) is 11.0. The third-order valence-corrected chi connectivity index (χ3v) is 6.66. The van der Waals surface area contributed by atoms with E-state index in [1.54, 1.807) is 6.08 Å². The predicted molar refractivity (Wildman–Crippen MR) is 89.0 cm³/mol. The van der Waals surface area contributed by atoms with Crippen molar-refractivity contribution in [1.82, 2.24) is 0 Å². The van der Waals surface area contributed by atoms with E-state index in [4.69, 9.17) is 0 Å². The van der Waals surface area contributed by atoms with Crippen LogP contribution in [0.2, 0.25) is 0 Å². The summed E-state index contributed by atoms with van der Waals surface area (Å²) >= 11 is 0. The summed E-state index contributed by atoms with van der Waals surface area (Å²) in [5.41, 5.74) is 0. The number of allylic oxidation sites excluding steroid dienone is 3. The minimum absolute atomic E-state index is 0.902. The molecule has 0 fully saturated rings. The molecule has 0 N–H and O–H groups in total. The fraction of sp³-hybridized carbons (Fsp3) is 0.733. The van der Waals surface area contributed by atoms with Crippen molar-refractivity contribution in [2.24, 2.45) is 0 Å². The van der Waals surface area contributed by atoms with Crippen LogP contribution in [0.5, 0.6) is 0 Å². The summed E-state index contributed by atoms with van der Waals surface area (Å²) in [6, 6.07) is 0. The summed E-state index contributed by atoms with van der Waals surface area (Å²) < 4.78 is 33.2.